The molecule has 2 rings (SSSR count). The van der Waals surface area contributed by atoms with E-state index in [1.54, 1.807) is 26.0 Å². The number of hydrogen-bond donors (Lipinski definition) is 2. The number of halogens is 2. The molecular formula is C22H23Br2NO6. The molecule has 0 heterocycles. The third-order valence-electron chi connectivity index (χ3n) is 4.42. The number of aldehydes is 1. The lowest BCUT2D eigenvalue weighted by Crippen LogP contribution is -2.18. The van der Waals surface area contributed by atoms with E-state index in [2.05, 4.69) is 37.2 Å². The Morgan fingerprint density at radius 3 is 2.48 bits per heavy atom. The van der Waals surface area contributed by atoms with Gasteiger partial charge in [0.2, 0.25) is 5.91 Å². The molecule has 0 aromatic heterocycles. The molecule has 9 heteroatoms. The van der Waals surface area contributed by atoms with Crippen LogP contribution in [-0.4, -0.2) is 29.9 Å². The van der Waals surface area contributed by atoms with Gasteiger partial charge >= 0.3 is 5.97 Å². The minimum Gasteiger partial charge on any atom is -0.507 e. The van der Waals surface area contributed by atoms with Crippen molar-refractivity contribution in [3.8, 4) is 17.2 Å². The summed E-state index contributed by atoms with van der Waals surface area (Å²) in [4.78, 5) is 35.0. The Bertz CT molecular complexity index is 1020. The minimum absolute atomic E-state index is 0.0205. The highest BCUT2D eigenvalue weighted by atomic mass is 79.9. The summed E-state index contributed by atoms with van der Waals surface area (Å²) in [7, 11) is 0. The number of benzene rings is 2. The minimum atomic E-state index is -0.602. The van der Waals surface area contributed by atoms with E-state index >= 15 is 0 Å². The third kappa shape index (κ3) is 6.07. The van der Waals surface area contributed by atoms with Crippen LogP contribution < -0.4 is 10.1 Å². The van der Waals surface area contributed by atoms with Gasteiger partial charge in [0.25, 0.3) is 0 Å². The lowest BCUT2D eigenvalue weighted by atomic mass is 9.99. The van der Waals surface area contributed by atoms with Gasteiger partial charge in [0.05, 0.1) is 21.1 Å². The second-order valence-corrected chi connectivity index (χ2v) is 8.68. The average molecular weight is 557 g/mol. The molecule has 0 spiro atoms. The maximum absolute atomic E-state index is 12.1. The molecule has 166 valence electrons. The highest BCUT2D eigenvalue weighted by Gasteiger charge is 2.19. The molecule has 31 heavy (non-hydrogen) atoms. The number of carbonyl (C=O) groups excluding carboxylic acids is 3. The first-order valence-electron chi connectivity index (χ1n) is 9.52. The summed E-state index contributed by atoms with van der Waals surface area (Å²) in [5.74, 6) is -0.374. The second kappa shape index (κ2) is 10.8. The lowest BCUT2D eigenvalue weighted by molar-refractivity contribution is -0.145. The van der Waals surface area contributed by atoms with E-state index in [1.807, 2.05) is 13.8 Å². The number of hydrogen-bond acceptors (Lipinski definition) is 6. The van der Waals surface area contributed by atoms with Crippen LogP contribution in [0.2, 0.25) is 0 Å². The quantitative estimate of drug-likeness (QED) is 0.240. The van der Waals surface area contributed by atoms with Gasteiger partial charge in [-0.25, -0.2) is 0 Å². The summed E-state index contributed by atoms with van der Waals surface area (Å²) in [5, 5.41) is 12.9. The molecule has 0 aliphatic rings. The fourth-order valence-corrected chi connectivity index (χ4v) is 4.10. The molecule has 2 aromatic rings. The van der Waals surface area contributed by atoms with Crippen LogP contribution in [0.5, 0.6) is 17.2 Å². The Morgan fingerprint density at radius 1 is 1.23 bits per heavy atom. The van der Waals surface area contributed by atoms with Crippen molar-refractivity contribution in [2.45, 2.75) is 40.0 Å². The van der Waals surface area contributed by atoms with Crippen molar-refractivity contribution in [3.05, 3.63) is 43.8 Å². The van der Waals surface area contributed by atoms with Gasteiger partial charge < -0.3 is 19.9 Å². The fraction of sp³-hybridized carbons (Fsp3) is 0.318. The Labute approximate surface area is 197 Å². The molecule has 0 saturated heterocycles. The maximum atomic E-state index is 12.1. The monoisotopic (exact) mass is 555 g/mol. The normalized spacial score (nSPS) is 10.7. The van der Waals surface area contributed by atoms with Crippen LogP contribution in [0.1, 0.15) is 54.6 Å². The Balaban J connectivity index is 2.35. The number of amides is 1. The summed E-state index contributed by atoms with van der Waals surface area (Å²) < 4.78 is 11.9. The van der Waals surface area contributed by atoms with Gasteiger partial charge in [-0.15, -0.1) is 0 Å². The summed E-state index contributed by atoms with van der Waals surface area (Å²) >= 11 is 6.92. The molecule has 0 bridgehead atoms. The lowest BCUT2D eigenvalue weighted by Gasteiger charge is -2.18. The summed E-state index contributed by atoms with van der Waals surface area (Å²) in [6.45, 7) is 7.45. The van der Waals surface area contributed by atoms with Crippen molar-refractivity contribution in [1.82, 2.24) is 0 Å². The van der Waals surface area contributed by atoms with E-state index < -0.39 is 11.9 Å². The van der Waals surface area contributed by atoms with Crippen LogP contribution in [0.25, 0.3) is 0 Å². The molecule has 0 aliphatic carbocycles. The van der Waals surface area contributed by atoms with Crippen molar-refractivity contribution in [3.63, 3.8) is 0 Å². The van der Waals surface area contributed by atoms with E-state index in [-0.39, 0.29) is 30.3 Å². The van der Waals surface area contributed by atoms with Crippen LogP contribution in [0.15, 0.2) is 27.1 Å². The molecular weight excluding hydrogens is 534 g/mol. The highest BCUT2D eigenvalue weighted by molar-refractivity contribution is 9.11. The molecule has 2 N–H and O–H groups in total. The summed E-state index contributed by atoms with van der Waals surface area (Å²) in [6.07, 6.45) is 0.187. The predicted octanol–water partition coefficient (Wildman–Crippen LogP) is 5.85. The first-order chi connectivity index (χ1) is 14.6. The van der Waals surface area contributed by atoms with Gasteiger partial charge in [-0.1, -0.05) is 13.8 Å². The number of rotatable bonds is 8. The standard InChI is InChI=1S/C22H23Br2NO6/c1-5-30-19(28)9-18(27)25-17-8-16(23)22(20(24)12(17)4)31-14-6-13(10-26)21(29)15(7-14)11(2)3/h6-8,10-11,29H,5,9H2,1-4H3,(H,25,27). The summed E-state index contributed by atoms with van der Waals surface area (Å²) in [6, 6.07) is 4.79. The van der Waals surface area contributed by atoms with Crippen molar-refractivity contribution in [1.29, 1.82) is 0 Å². The van der Waals surface area contributed by atoms with E-state index in [1.165, 1.54) is 6.07 Å². The number of aromatic hydroxyl groups is 1. The molecule has 7 nitrogen and oxygen atoms in total. The SMILES string of the molecule is CCOC(=O)CC(=O)Nc1cc(Br)c(Oc2cc(C=O)c(O)c(C(C)C)c2)c(Br)c1C. The Morgan fingerprint density at radius 2 is 1.90 bits per heavy atom. The van der Waals surface area contributed by atoms with Crippen molar-refractivity contribution < 1.29 is 29.0 Å². The van der Waals surface area contributed by atoms with E-state index in [9.17, 15) is 19.5 Å². The number of nitrogens with one attached hydrogen (secondary N) is 1. The van der Waals surface area contributed by atoms with Crippen LogP contribution in [-0.2, 0) is 14.3 Å². The zero-order valence-electron chi connectivity index (χ0n) is 17.5. The van der Waals surface area contributed by atoms with E-state index in [0.717, 1.165) is 0 Å². The first kappa shape index (κ1) is 24.9. The molecule has 1 amide bonds. The van der Waals surface area contributed by atoms with E-state index in [0.29, 0.717) is 43.5 Å². The van der Waals surface area contributed by atoms with Gasteiger partial charge in [0.1, 0.15) is 17.9 Å². The molecule has 0 aliphatic heterocycles. The van der Waals surface area contributed by atoms with Crippen molar-refractivity contribution >= 4 is 55.7 Å². The number of phenols is 1. The zero-order chi connectivity index (χ0) is 23.3. The second-order valence-electron chi connectivity index (χ2n) is 7.03. The number of phenolic OH excluding ortho intramolecular Hbond substituents is 1. The van der Waals surface area contributed by atoms with E-state index in [4.69, 9.17) is 9.47 Å². The fourth-order valence-electron chi connectivity index (χ4n) is 2.81. The highest BCUT2D eigenvalue weighted by Crippen LogP contribution is 2.43. The number of anilines is 1. The maximum Gasteiger partial charge on any atom is 0.315 e. The molecule has 0 fully saturated rings. The molecule has 0 atom stereocenters. The van der Waals surface area contributed by atoms with Gasteiger partial charge in [-0.3, -0.25) is 14.4 Å². The largest absolute Gasteiger partial charge is 0.507 e. The van der Waals surface area contributed by atoms with Crippen LogP contribution in [0, 0.1) is 6.92 Å². The average Bonchev–Trinajstić information content (AvgIpc) is 2.69. The zero-order valence-corrected chi connectivity index (χ0v) is 20.7. The smallest absolute Gasteiger partial charge is 0.315 e. The van der Waals surface area contributed by atoms with Gasteiger partial charge in [-0.05, 0) is 75.4 Å². The first-order valence-corrected chi connectivity index (χ1v) is 11.1. The molecule has 2 aromatic carbocycles. The molecule has 0 saturated carbocycles. The number of ether oxygens (including phenoxy) is 2. The Kier molecular flexibility index (Phi) is 8.64. The van der Waals surface area contributed by atoms with Gasteiger partial charge in [0, 0.05) is 11.3 Å². The van der Waals surface area contributed by atoms with Crippen LogP contribution >= 0.6 is 31.9 Å². The van der Waals surface area contributed by atoms with Crippen LogP contribution in [0.4, 0.5) is 5.69 Å². The number of carbonyl (C=O) groups is 3. The number of esters is 1. The van der Waals surface area contributed by atoms with Crippen LogP contribution in [0.3, 0.4) is 0 Å². The topological polar surface area (TPSA) is 102 Å². The third-order valence-corrected chi connectivity index (χ3v) is 5.96. The molecule has 0 radical (unpaired) electrons. The predicted molar refractivity (Wildman–Crippen MR) is 124 cm³/mol. The molecule has 0 unspecified atom stereocenters. The summed E-state index contributed by atoms with van der Waals surface area (Å²) in [5.41, 5.74) is 1.89. The van der Waals surface area contributed by atoms with Crippen molar-refractivity contribution in [2.24, 2.45) is 0 Å². The Hall–Kier alpha value is -2.39. The van der Waals surface area contributed by atoms with Crippen molar-refractivity contribution in [2.75, 3.05) is 11.9 Å². The van der Waals surface area contributed by atoms with Gasteiger partial charge in [-0.2, -0.15) is 0 Å². The van der Waals surface area contributed by atoms with Gasteiger partial charge in [0.15, 0.2) is 12.0 Å².